The number of nitrogens with zero attached hydrogens (tertiary/aromatic N) is 4. The van der Waals surface area contributed by atoms with Crippen molar-refractivity contribution in [2.75, 3.05) is 0 Å². The molecule has 0 saturated heterocycles. The Hall–Kier alpha value is -3.16. The van der Waals surface area contributed by atoms with E-state index in [2.05, 4.69) is 20.8 Å². The maximum Gasteiger partial charge on any atom is 0.261 e. The number of hydrogen-bond donors (Lipinski definition) is 1. The van der Waals surface area contributed by atoms with Crippen LogP contribution in [0.2, 0.25) is 0 Å². The Morgan fingerprint density at radius 1 is 1.35 bits per heavy atom. The Labute approximate surface area is 132 Å². The number of furan rings is 1. The lowest BCUT2D eigenvalue weighted by Gasteiger charge is -2.14. The van der Waals surface area contributed by atoms with Crippen molar-refractivity contribution in [1.82, 2.24) is 25.5 Å². The lowest BCUT2D eigenvalue weighted by Crippen LogP contribution is -2.35. The molecule has 8 heteroatoms. The molecule has 1 amide bonds. The smallest absolute Gasteiger partial charge is 0.261 e. The lowest BCUT2D eigenvalue weighted by atomic mass is 10.3. The minimum atomic E-state index is -0.621. The van der Waals surface area contributed by atoms with Crippen LogP contribution >= 0.6 is 0 Å². The van der Waals surface area contributed by atoms with E-state index < -0.39 is 6.10 Å². The number of carbonyl (C=O) groups is 1. The monoisotopic (exact) mass is 313 g/mol. The Morgan fingerprint density at radius 2 is 2.17 bits per heavy atom. The van der Waals surface area contributed by atoms with E-state index in [1.807, 2.05) is 0 Å². The van der Waals surface area contributed by atoms with Crippen LogP contribution in [0.3, 0.4) is 0 Å². The molecular formula is C15H15N5O3. The van der Waals surface area contributed by atoms with Crippen LogP contribution in [0, 0.1) is 0 Å². The summed E-state index contributed by atoms with van der Waals surface area (Å²) in [5, 5.41) is 13.7. The molecule has 0 bridgehead atoms. The molecule has 23 heavy (non-hydrogen) atoms. The zero-order chi connectivity index (χ0) is 16.1. The molecule has 3 aromatic rings. The molecule has 0 saturated carbocycles. The van der Waals surface area contributed by atoms with Crippen LogP contribution in [-0.2, 0) is 11.3 Å². The second kappa shape index (κ2) is 6.73. The van der Waals surface area contributed by atoms with E-state index in [4.69, 9.17) is 9.15 Å². The molecule has 118 valence electrons. The molecule has 0 spiro atoms. The van der Waals surface area contributed by atoms with Crippen LogP contribution in [-0.4, -0.2) is 32.2 Å². The first kappa shape index (κ1) is 14.8. The first-order chi connectivity index (χ1) is 11.2. The lowest BCUT2D eigenvalue weighted by molar-refractivity contribution is -0.127. The van der Waals surface area contributed by atoms with E-state index in [9.17, 15) is 4.79 Å². The molecule has 0 aliphatic rings. The predicted molar refractivity (Wildman–Crippen MR) is 79.8 cm³/mol. The van der Waals surface area contributed by atoms with E-state index in [0.29, 0.717) is 18.1 Å². The molecule has 1 N–H and O–H groups in total. The van der Waals surface area contributed by atoms with E-state index >= 15 is 0 Å². The summed E-state index contributed by atoms with van der Waals surface area (Å²) in [7, 11) is 0. The number of carbonyl (C=O) groups excluding carboxylic acids is 1. The number of nitrogens with one attached hydrogen (secondary N) is 1. The highest BCUT2D eigenvalue weighted by molar-refractivity contribution is 5.80. The molecule has 0 fully saturated rings. The van der Waals surface area contributed by atoms with Crippen molar-refractivity contribution >= 4 is 5.91 Å². The highest BCUT2D eigenvalue weighted by Gasteiger charge is 2.14. The number of amides is 1. The third kappa shape index (κ3) is 3.73. The Morgan fingerprint density at radius 3 is 2.83 bits per heavy atom. The highest BCUT2D eigenvalue weighted by atomic mass is 16.5. The van der Waals surface area contributed by atoms with Crippen LogP contribution in [0.15, 0.2) is 53.4 Å². The minimum absolute atomic E-state index is 0.217. The number of hydrogen-bond acceptors (Lipinski definition) is 6. The third-order valence-electron chi connectivity index (χ3n) is 3.15. The van der Waals surface area contributed by atoms with E-state index in [-0.39, 0.29) is 5.91 Å². The quantitative estimate of drug-likeness (QED) is 0.738. The molecule has 0 radical (unpaired) electrons. The van der Waals surface area contributed by atoms with Crippen LogP contribution in [0.5, 0.6) is 5.75 Å². The van der Waals surface area contributed by atoms with Crippen molar-refractivity contribution in [3.05, 3.63) is 54.7 Å². The van der Waals surface area contributed by atoms with Gasteiger partial charge in [-0.15, -0.1) is 5.10 Å². The second-order valence-electron chi connectivity index (χ2n) is 4.81. The van der Waals surface area contributed by atoms with E-state index in [0.717, 1.165) is 5.69 Å². The predicted octanol–water partition coefficient (Wildman–Crippen LogP) is 1.34. The van der Waals surface area contributed by atoms with Crippen LogP contribution in [0.4, 0.5) is 0 Å². The van der Waals surface area contributed by atoms with Gasteiger partial charge in [-0.1, -0.05) is 0 Å². The molecule has 8 nitrogen and oxygen atoms in total. The largest absolute Gasteiger partial charge is 0.481 e. The van der Waals surface area contributed by atoms with Crippen molar-refractivity contribution in [3.63, 3.8) is 0 Å². The number of aromatic nitrogens is 4. The van der Waals surface area contributed by atoms with Crippen molar-refractivity contribution in [2.45, 2.75) is 19.6 Å². The van der Waals surface area contributed by atoms with Crippen LogP contribution in [0.25, 0.3) is 5.69 Å². The number of ether oxygens (including phenoxy) is 1. The summed E-state index contributed by atoms with van der Waals surface area (Å²) < 4.78 is 12.3. The number of tetrazole rings is 1. The van der Waals surface area contributed by atoms with Crippen LogP contribution in [0.1, 0.15) is 12.7 Å². The number of rotatable bonds is 6. The third-order valence-corrected chi connectivity index (χ3v) is 3.15. The maximum atomic E-state index is 12.0. The van der Waals surface area contributed by atoms with Gasteiger partial charge in [-0.05, 0) is 53.7 Å². The Kier molecular flexibility index (Phi) is 4.32. The zero-order valence-corrected chi connectivity index (χ0v) is 12.4. The summed E-state index contributed by atoms with van der Waals surface area (Å²) in [5.74, 6) is 1.06. The summed E-state index contributed by atoms with van der Waals surface area (Å²) in [6.07, 6.45) is 2.44. The molecule has 2 heterocycles. The normalized spacial score (nSPS) is 11.9. The van der Waals surface area contributed by atoms with Gasteiger partial charge in [0.2, 0.25) is 0 Å². The number of benzene rings is 1. The summed E-state index contributed by atoms with van der Waals surface area (Å²) in [6.45, 7) is 2.02. The van der Waals surface area contributed by atoms with Gasteiger partial charge in [0.15, 0.2) is 6.10 Å². The molecule has 1 atom stereocenters. The van der Waals surface area contributed by atoms with Gasteiger partial charge in [-0.2, -0.15) is 0 Å². The molecule has 0 aliphatic carbocycles. The molecular weight excluding hydrogens is 298 g/mol. The summed E-state index contributed by atoms with van der Waals surface area (Å²) in [4.78, 5) is 12.0. The van der Waals surface area contributed by atoms with Crippen molar-refractivity contribution in [2.24, 2.45) is 0 Å². The average Bonchev–Trinajstić information content (AvgIpc) is 3.26. The van der Waals surface area contributed by atoms with E-state index in [1.54, 1.807) is 49.6 Å². The van der Waals surface area contributed by atoms with Crippen molar-refractivity contribution < 1.29 is 13.9 Å². The SMILES string of the molecule is CC(Oc1ccc(-n2cnnn2)cc1)C(=O)NCc1ccco1. The fraction of sp³-hybridized carbons (Fsp3) is 0.200. The molecule has 1 aromatic carbocycles. The fourth-order valence-electron chi connectivity index (χ4n) is 1.95. The van der Waals surface area contributed by atoms with Gasteiger partial charge in [0, 0.05) is 0 Å². The van der Waals surface area contributed by atoms with Crippen molar-refractivity contribution in [3.8, 4) is 11.4 Å². The first-order valence-electron chi connectivity index (χ1n) is 7.02. The Balaban J connectivity index is 1.54. The molecule has 2 aromatic heterocycles. The zero-order valence-electron chi connectivity index (χ0n) is 12.4. The van der Waals surface area contributed by atoms with Gasteiger partial charge in [0.1, 0.15) is 17.8 Å². The van der Waals surface area contributed by atoms with Crippen LogP contribution < -0.4 is 10.1 Å². The molecule has 3 rings (SSSR count). The summed E-state index contributed by atoms with van der Waals surface area (Å²) >= 11 is 0. The standard InChI is InChI=1S/C15H15N5O3/c1-11(15(21)16-9-14-3-2-8-22-14)23-13-6-4-12(5-7-13)20-10-17-18-19-20/h2-8,10-11H,9H2,1H3,(H,16,21). The summed E-state index contributed by atoms with van der Waals surface area (Å²) in [6, 6.07) is 10.7. The summed E-state index contributed by atoms with van der Waals surface area (Å²) in [5.41, 5.74) is 0.803. The van der Waals surface area contributed by atoms with Gasteiger partial charge in [0.25, 0.3) is 5.91 Å². The van der Waals surface area contributed by atoms with Gasteiger partial charge in [-0.3, -0.25) is 4.79 Å². The molecule has 0 aliphatic heterocycles. The average molecular weight is 313 g/mol. The van der Waals surface area contributed by atoms with Gasteiger partial charge < -0.3 is 14.5 Å². The van der Waals surface area contributed by atoms with Gasteiger partial charge in [-0.25, -0.2) is 4.68 Å². The minimum Gasteiger partial charge on any atom is -0.481 e. The topological polar surface area (TPSA) is 95.1 Å². The fourth-order valence-corrected chi connectivity index (χ4v) is 1.95. The van der Waals surface area contributed by atoms with Gasteiger partial charge >= 0.3 is 0 Å². The second-order valence-corrected chi connectivity index (χ2v) is 4.81. The first-order valence-corrected chi connectivity index (χ1v) is 7.02. The van der Waals surface area contributed by atoms with Crippen molar-refractivity contribution in [1.29, 1.82) is 0 Å². The molecule has 1 unspecified atom stereocenters. The Bertz CT molecular complexity index is 738. The maximum absolute atomic E-state index is 12.0. The van der Waals surface area contributed by atoms with E-state index in [1.165, 1.54) is 11.0 Å². The highest BCUT2D eigenvalue weighted by Crippen LogP contribution is 2.15. The van der Waals surface area contributed by atoms with Gasteiger partial charge in [0.05, 0.1) is 18.5 Å².